The highest BCUT2D eigenvalue weighted by molar-refractivity contribution is 5.93. The molecule has 2 aromatic heterocycles. The Morgan fingerprint density at radius 3 is 2.46 bits per heavy atom. The minimum Gasteiger partial charge on any atom is -0.245 e. The van der Waals surface area contributed by atoms with Crippen LogP contribution in [-0.2, 0) is 7.05 Å². The number of rotatable bonds is 2. The van der Waals surface area contributed by atoms with Crippen LogP contribution in [0.1, 0.15) is 5.56 Å². The van der Waals surface area contributed by atoms with Crippen molar-refractivity contribution in [2.24, 2.45) is 7.05 Å². The van der Waals surface area contributed by atoms with Crippen LogP contribution in [0.15, 0.2) is 73.2 Å². The number of benzene rings is 2. The molecule has 3 heteroatoms. The maximum Gasteiger partial charge on any atom is 0.213 e. The van der Waals surface area contributed by atoms with Gasteiger partial charge in [-0.25, -0.2) is 9.97 Å². The Morgan fingerprint density at radius 1 is 0.875 bits per heavy atom. The zero-order valence-electron chi connectivity index (χ0n) is 13.8. The number of para-hydroxylation sites is 1. The molecule has 4 rings (SSSR count). The van der Waals surface area contributed by atoms with Crippen LogP contribution in [-0.4, -0.2) is 9.97 Å². The van der Waals surface area contributed by atoms with Crippen LogP contribution < -0.4 is 4.57 Å². The van der Waals surface area contributed by atoms with Crippen LogP contribution in [0.2, 0.25) is 0 Å². The molecule has 0 bridgehead atoms. The van der Waals surface area contributed by atoms with E-state index in [0.29, 0.717) is 0 Å². The van der Waals surface area contributed by atoms with Crippen LogP contribution in [0.3, 0.4) is 0 Å². The van der Waals surface area contributed by atoms with E-state index in [2.05, 4.69) is 83.1 Å². The Bertz CT molecular complexity index is 1020. The summed E-state index contributed by atoms with van der Waals surface area (Å²) in [7, 11) is 2.12. The van der Waals surface area contributed by atoms with Crippen molar-refractivity contribution in [1.82, 2.24) is 9.97 Å². The molecule has 4 aromatic rings. The van der Waals surface area contributed by atoms with Crippen LogP contribution in [0.5, 0.6) is 0 Å². The third-order valence-electron chi connectivity index (χ3n) is 4.48. The highest BCUT2D eigenvalue weighted by Crippen LogP contribution is 2.30. The highest BCUT2D eigenvalue weighted by atomic mass is 14.9. The molecule has 2 heterocycles. The van der Waals surface area contributed by atoms with E-state index in [-0.39, 0.29) is 0 Å². The van der Waals surface area contributed by atoms with Gasteiger partial charge in [-0.1, -0.05) is 30.3 Å². The Balaban J connectivity index is 2.10. The highest BCUT2D eigenvalue weighted by Gasteiger charge is 2.20. The molecule has 0 atom stereocenters. The first-order valence-electron chi connectivity index (χ1n) is 8.00. The lowest BCUT2D eigenvalue weighted by atomic mass is 9.99. The van der Waals surface area contributed by atoms with Crippen molar-refractivity contribution in [2.45, 2.75) is 6.92 Å². The van der Waals surface area contributed by atoms with Gasteiger partial charge in [-0.15, -0.1) is 0 Å². The van der Waals surface area contributed by atoms with Crippen LogP contribution in [0, 0.1) is 6.92 Å². The summed E-state index contributed by atoms with van der Waals surface area (Å²) in [6, 6.07) is 21.1. The number of aromatic nitrogens is 3. The van der Waals surface area contributed by atoms with E-state index in [1.165, 1.54) is 27.7 Å². The largest absolute Gasteiger partial charge is 0.245 e. The lowest BCUT2D eigenvalue weighted by molar-refractivity contribution is -0.633. The minimum absolute atomic E-state index is 0.941. The van der Waals surface area contributed by atoms with Gasteiger partial charge < -0.3 is 0 Å². The summed E-state index contributed by atoms with van der Waals surface area (Å²) in [6.45, 7) is 2.15. The van der Waals surface area contributed by atoms with Crippen molar-refractivity contribution >= 4 is 10.9 Å². The zero-order chi connectivity index (χ0) is 16.5. The first kappa shape index (κ1) is 14.5. The van der Waals surface area contributed by atoms with E-state index in [4.69, 9.17) is 0 Å². The molecule has 0 unspecified atom stereocenters. The van der Waals surface area contributed by atoms with Crippen molar-refractivity contribution < 1.29 is 4.57 Å². The average molecular weight is 312 g/mol. The van der Waals surface area contributed by atoms with E-state index < -0.39 is 0 Å². The Hall–Kier alpha value is -3.07. The van der Waals surface area contributed by atoms with E-state index in [1.807, 2.05) is 6.07 Å². The van der Waals surface area contributed by atoms with Gasteiger partial charge in [0.05, 0.1) is 11.1 Å². The minimum atomic E-state index is 0.941. The molecule has 0 aliphatic heterocycles. The molecule has 0 amide bonds. The molecule has 0 saturated heterocycles. The third kappa shape index (κ3) is 2.35. The fourth-order valence-electron chi connectivity index (χ4n) is 3.22. The van der Waals surface area contributed by atoms with Gasteiger partial charge in [-0.3, -0.25) is 0 Å². The SMILES string of the molecule is Cc1ccccc1-c1cc(-c2ccncn2)c2ccccc2[n+]1C. The number of fused-ring (bicyclic) bond motifs is 1. The first-order chi connectivity index (χ1) is 11.8. The van der Waals surface area contributed by atoms with E-state index in [9.17, 15) is 0 Å². The Kier molecular flexibility index (Phi) is 3.54. The Morgan fingerprint density at radius 2 is 1.67 bits per heavy atom. The van der Waals surface area contributed by atoms with Gasteiger partial charge in [-0.05, 0) is 30.7 Å². The standard InChI is InChI=1S/C21H18N3/c1-15-7-3-4-8-16(15)21-13-18(19-11-12-22-14-23-19)17-9-5-6-10-20(17)24(21)2/h3-14H,1-2H3/q+1. The maximum absolute atomic E-state index is 4.47. The van der Waals surface area contributed by atoms with Gasteiger partial charge >= 0.3 is 0 Å². The second-order valence-corrected chi connectivity index (χ2v) is 5.93. The smallest absolute Gasteiger partial charge is 0.213 e. The second kappa shape index (κ2) is 5.85. The predicted octanol–water partition coefficient (Wildman–Crippen LogP) is 4.10. The quantitative estimate of drug-likeness (QED) is 0.522. The molecule has 116 valence electrons. The molecule has 0 radical (unpaired) electrons. The zero-order valence-corrected chi connectivity index (χ0v) is 13.8. The summed E-state index contributed by atoms with van der Waals surface area (Å²) in [4.78, 5) is 8.51. The molecule has 24 heavy (non-hydrogen) atoms. The molecule has 0 aliphatic carbocycles. The lowest BCUT2D eigenvalue weighted by Crippen LogP contribution is -2.32. The number of aryl methyl sites for hydroxylation is 2. The molecule has 0 fully saturated rings. The maximum atomic E-state index is 4.47. The molecule has 0 spiro atoms. The van der Waals surface area contributed by atoms with Crippen LogP contribution in [0.25, 0.3) is 33.4 Å². The fourth-order valence-corrected chi connectivity index (χ4v) is 3.22. The monoisotopic (exact) mass is 312 g/mol. The topological polar surface area (TPSA) is 29.7 Å². The van der Waals surface area contributed by atoms with Gasteiger partial charge in [0.2, 0.25) is 11.2 Å². The molecular formula is C21H18N3+. The van der Waals surface area contributed by atoms with Crippen molar-refractivity contribution in [3.8, 4) is 22.5 Å². The number of pyridine rings is 1. The fraction of sp³-hybridized carbons (Fsp3) is 0.0952. The molecule has 0 aliphatic rings. The van der Waals surface area contributed by atoms with E-state index in [1.54, 1.807) is 12.5 Å². The normalized spacial score (nSPS) is 10.9. The van der Waals surface area contributed by atoms with Crippen molar-refractivity contribution in [2.75, 3.05) is 0 Å². The van der Waals surface area contributed by atoms with Crippen LogP contribution >= 0.6 is 0 Å². The lowest BCUT2D eigenvalue weighted by Gasteiger charge is -2.10. The summed E-state index contributed by atoms with van der Waals surface area (Å²) in [5.74, 6) is 0. The third-order valence-corrected chi connectivity index (χ3v) is 4.48. The van der Waals surface area contributed by atoms with Crippen molar-refractivity contribution in [3.63, 3.8) is 0 Å². The number of nitrogens with zero attached hydrogens (tertiary/aromatic N) is 3. The van der Waals surface area contributed by atoms with Gasteiger partial charge in [0, 0.05) is 29.5 Å². The predicted molar refractivity (Wildman–Crippen MR) is 96.3 cm³/mol. The molecule has 0 saturated carbocycles. The summed E-state index contributed by atoms with van der Waals surface area (Å²) in [5.41, 5.74) is 6.94. The number of hydrogen-bond donors (Lipinski definition) is 0. The summed E-state index contributed by atoms with van der Waals surface area (Å²) in [5, 5.41) is 1.19. The van der Waals surface area contributed by atoms with Crippen molar-refractivity contribution in [3.05, 3.63) is 78.8 Å². The van der Waals surface area contributed by atoms with Gasteiger partial charge in [0.1, 0.15) is 13.4 Å². The van der Waals surface area contributed by atoms with Crippen molar-refractivity contribution in [1.29, 1.82) is 0 Å². The summed E-state index contributed by atoms with van der Waals surface area (Å²) >= 11 is 0. The second-order valence-electron chi connectivity index (χ2n) is 5.93. The molecule has 3 nitrogen and oxygen atoms in total. The van der Waals surface area contributed by atoms with Gasteiger partial charge in [0.25, 0.3) is 0 Å². The first-order valence-corrected chi connectivity index (χ1v) is 8.00. The number of hydrogen-bond acceptors (Lipinski definition) is 2. The van der Waals surface area contributed by atoms with Gasteiger partial charge in [-0.2, -0.15) is 4.57 Å². The van der Waals surface area contributed by atoms with E-state index in [0.717, 1.165) is 11.3 Å². The van der Waals surface area contributed by atoms with E-state index >= 15 is 0 Å². The molecule has 0 N–H and O–H groups in total. The van der Waals surface area contributed by atoms with Crippen LogP contribution in [0.4, 0.5) is 0 Å². The molecule has 2 aromatic carbocycles. The summed E-state index contributed by atoms with van der Waals surface area (Å²) in [6.07, 6.45) is 3.39. The van der Waals surface area contributed by atoms with Gasteiger partial charge in [0.15, 0.2) is 0 Å². The molecular weight excluding hydrogens is 294 g/mol. The average Bonchev–Trinajstić information content (AvgIpc) is 2.64. The summed E-state index contributed by atoms with van der Waals surface area (Å²) < 4.78 is 2.25. The Labute approximate surface area is 141 Å².